The molecule has 0 radical (unpaired) electrons. The molecule has 3 nitrogen and oxygen atoms in total. The molecular weight excluding hydrogens is 314 g/mol. The summed E-state index contributed by atoms with van der Waals surface area (Å²) < 4.78 is 0.583. The Bertz CT molecular complexity index is 554. The van der Waals surface area contributed by atoms with Crippen molar-refractivity contribution in [2.45, 2.75) is 6.54 Å². The van der Waals surface area contributed by atoms with Crippen LogP contribution in [-0.4, -0.2) is 23.0 Å². The number of phenolic OH excluding ortho intramolecular Hbond substituents is 1. The Hall–Kier alpha value is -1.33. The van der Waals surface area contributed by atoms with Crippen LogP contribution in [0.15, 0.2) is 40.2 Å². The molecule has 1 N–H and O–H groups in total. The molecular formula is C13H12BrNO2S. The number of carbonyl (C=O) groups excluding carboxylic acids is 1. The summed E-state index contributed by atoms with van der Waals surface area (Å²) in [5.41, 5.74) is 0.481. The van der Waals surface area contributed by atoms with E-state index in [9.17, 15) is 9.90 Å². The molecule has 2 rings (SSSR count). The Morgan fingerprint density at radius 2 is 2.22 bits per heavy atom. The highest BCUT2D eigenvalue weighted by Gasteiger charge is 2.13. The van der Waals surface area contributed by atoms with E-state index >= 15 is 0 Å². The summed E-state index contributed by atoms with van der Waals surface area (Å²) in [5, 5.41) is 11.6. The van der Waals surface area contributed by atoms with Gasteiger partial charge in [0.2, 0.25) is 0 Å². The number of halogens is 1. The zero-order chi connectivity index (χ0) is 13.1. The smallest absolute Gasteiger partial charge is 0.254 e. The number of thiophene rings is 1. The lowest BCUT2D eigenvalue weighted by Crippen LogP contribution is -2.25. The van der Waals surface area contributed by atoms with Gasteiger partial charge in [0.05, 0.1) is 11.0 Å². The van der Waals surface area contributed by atoms with Gasteiger partial charge in [-0.05, 0) is 45.6 Å². The Morgan fingerprint density at radius 3 is 2.83 bits per heavy atom. The van der Waals surface area contributed by atoms with Crippen molar-refractivity contribution in [1.82, 2.24) is 4.90 Å². The van der Waals surface area contributed by atoms with Gasteiger partial charge in [0, 0.05) is 17.5 Å². The van der Waals surface area contributed by atoms with E-state index in [-0.39, 0.29) is 11.7 Å². The molecule has 0 unspecified atom stereocenters. The monoisotopic (exact) mass is 325 g/mol. The lowest BCUT2D eigenvalue weighted by molar-refractivity contribution is 0.0786. The molecule has 18 heavy (non-hydrogen) atoms. The average Bonchev–Trinajstić information content (AvgIpc) is 2.84. The molecule has 0 spiro atoms. The van der Waals surface area contributed by atoms with Gasteiger partial charge in [-0.3, -0.25) is 4.79 Å². The summed E-state index contributed by atoms with van der Waals surface area (Å²) in [5.74, 6) is -0.0310. The van der Waals surface area contributed by atoms with Gasteiger partial charge in [-0.1, -0.05) is 6.07 Å². The van der Waals surface area contributed by atoms with E-state index in [1.807, 2.05) is 17.5 Å². The molecule has 1 aromatic heterocycles. The highest BCUT2D eigenvalue weighted by Crippen LogP contribution is 2.25. The van der Waals surface area contributed by atoms with Gasteiger partial charge < -0.3 is 10.0 Å². The number of carbonyl (C=O) groups is 1. The minimum atomic E-state index is -0.105. The number of hydrogen-bond donors (Lipinski definition) is 1. The number of amides is 1. The quantitative estimate of drug-likeness (QED) is 0.938. The minimum absolute atomic E-state index is 0.0744. The van der Waals surface area contributed by atoms with Crippen LogP contribution in [0.5, 0.6) is 5.75 Å². The van der Waals surface area contributed by atoms with Crippen LogP contribution in [0.2, 0.25) is 0 Å². The molecule has 94 valence electrons. The molecule has 1 heterocycles. The van der Waals surface area contributed by atoms with Gasteiger partial charge >= 0.3 is 0 Å². The largest absolute Gasteiger partial charge is 0.507 e. The van der Waals surface area contributed by atoms with Crippen molar-refractivity contribution in [3.05, 3.63) is 50.6 Å². The summed E-state index contributed by atoms with van der Waals surface area (Å²) in [7, 11) is 1.75. The highest BCUT2D eigenvalue weighted by molar-refractivity contribution is 9.10. The fraction of sp³-hybridized carbons (Fsp3) is 0.154. The van der Waals surface area contributed by atoms with Crippen LogP contribution in [0.4, 0.5) is 0 Å². The van der Waals surface area contributed by atoms with Gasteiger partial charge in [0.1, 0.15) is 5.75 Å². The van der Waals surface area contributed by atoms with E-state index in [1.165, 1.54) is 6.07 Å². The average molecular weight is 326 g/mol. The molecule has 0 bridgehead atoms. The predicted molar refractivity (Wildman–Crippen MR) is 75.9 cm³/mol. The first-order valence-corrected chi connectivity index (χ1v) is 7.01. The second-order valence-electron chi connectivity index (χ2n) is 3.91. The van der Waals surface area contributed by atoms with Gasteiger partial charge in [-0.25, -0.2) is 0 Å². The van der Waals surface area contributed by atoms with E-state index in [4.69, 9.17) is 0 Å². The maximum atomic E-state index is 12.1. The SMILES string of the molecule is CN(Cc1cccs1)C(=O)c1ccc(Br)c(O)c1. The van der Waals surface area contributed by atoms with Crippen LogP contribution in [0.1, 0.15) is 15.2 Å². The van der Waals surface area contributed by atoms with Gasteiger partial charge in [-0.2, -0.15) is 0 Å². The number of rotatable bonds is 3. The van der Waals surface area contributed by atoms with Crippen LogP contribution < -0.4 is 0 Å². The molecule has 0 saturated carbocycles. The molecule has 0 aliphatic rings. The van der Waals surface area contributed by atoms with E-state index in [0.717, 1.165) is 4.88 Å². The van der Waals surface area contributed by atoms with Crippen LogP contribution in [0.25, 0.3) is 0 Å². The maximum Gasteiger partial charge on any atom is 0.254 e. The summed E-state index contributed by atoms with van der Waals surface area (Å²) >= 11 is 4.81. The first-order valence-electron chi connectivity index (χ1n) is 5.34. The van der Waals surface area contributed by atoms with Crippen molar-refractivity contribution in [1.29, 1.82) is 0 Å². The standard InChI is InChI=1S/C13H12BrNO2S/c1-15(8-10-3-2-6-18-10)13(17)9-4-5-11(14)12(16)7-9/h2-7,16H,8H2,1H3. The summed E-state index contributed by atoms with van der Waals surface area (Å²) in [6.45, 7) is 0.577. The minimum Gasteiger partial charge on any atom is -0.507 e. The predicted octanol–water partition coefficient (Wildman–Crippen LogP) is 3.49. The molecule has 0 atom stereocenters. The first-order chi connectivity index (χ1) is 8.58. The number of phenols is 1. The number of benzene rings is 1. The van der Waals surface area contributed by atoms with E-state index in [0.29, 0.717) is 16.6 Å². The highest BCUT2D eigenvalue weighted by atomic mass is 79.9. The van der Waals surface area contributed by atoms with Crippen molar-refractivity contribution >= 4 is 33.2 Å². The van der Waals surface area contributed by atoms with Gasteiger partial charge in [-0.15, -0.1) is 11.3 Å². The van der Waals surface area contributed by atoms with Gasteiger partial charge in [0.15, 0.2) is 0 Å². The fourth-order valence-corrected chi connectivity index (χ4v) is 2.58. The molecule has 0 aliphatic heterocycles. The maximum absolute atomic E-state index is 12.1. The molecule has 2 aromatic rings. The molecule has 5 heteroatoms. The van der Waals surface area contributed by atoms with Crippen LogP contribution >= 0.6 is 27.3 Å². The van der Waals surface area contributed by atoms with Crippen molar-refractivity contribution in [3.8, 4) is 5.75 Å². The zero-order valence-corrected chi connectivity index (χ0v) is 12.2. The lowest BCUT2D eigenvalue weighted by atomic mass is 10.2. The van der Waals surface area contributed by atoms with Crippen LogP contribution in [0, 0.1) is 0 Å². The van der Waals surface area contributed by atoms with Crippen molar-refractivity contribution in [3.63, 3.8) is 0 Å². The number of aromatic hydroxyl groups is 1. The van der Waals surface area contributed by atoms with Gasteiger partial charge in [0.25, 0.3) is 5.91 Å². The fourth-order valence-electron chi connectivity index (χ4n) is 1.57. The summed E-state index contributed by atoms with van der Waals surface area (Å²) in [4.78, 5) is 14.9. The first kappa shape index (κ1) is 13.1. The third kappa shape index (κ3) is 2.91. The summed E-state index contributed by atoms with van der Waals surface area (Å²) in [6, 6.07) is 8.78. The second kappa shape index (κ2) is 5.54. The van der Waals surface area contributed by atoms with Crippen molar-refractivity contribution < 1.29 is 9.90 Å². The van der Waals surface area contributed by atoms with E-state index in [1.54, 1.807) is 35.4 Å². The molecule has 0 saturated heterocycles. The normalized spacial score (nSPS) is 10.3. The van der Waals surface area contributed by atoms with Crippen molar-refractivity contribution in [2.75, 3.05) is 7.05 Å². The third-order valence-corrected chi connectivity index (χ3v) is 4.04. The number of nitrogens with zero attached hydrogens (tertiary/aromatic N) is 1. The Kier molecular flexibility index (Phi) is 4.04. The second-order valence-corrected chi connectivity index (χ2v) is 5.79. The topological polar surface area (TPSA) is 40.5 Å². The lowest BCUT2D eigenvalue weighted by Gasteiger charge is -2.16. The molecule has 1 aromatic carbocycles. The van der Waals surface area contributed by atoms with E-state index in [2.05, 4.69) is 15.9 Å². The molecule has 0 aliphatic carbocycles. The van der Waals surface area contributed by atoms with E-state index < -0.39 is 0 Å². The Morgan fingerprint density at radius 1 is 1.44 bits per heavy atom. The molecule has 0 fully saturated rings. The molecule has 1 amide bonds. The van der Waals surface area contributed by atoms with Crippen LogP contribution in [-0.2, 0) is 6.54 Å². The zero-order valence-electron chi connectivity index (χ0n) is 9.76. The summed E-state index contributed by atoms with van der Waals surface area (Å²) in [6.07, 6.45) is 0. The van der Waals surface area contributed by atoms with Crippen LogP contribution in [0.3, 0.4) is 0 Å². The Labute approximate surface area is 118 Å². The number of hydrogen-bond acceptors (Lipinski definition) is 3. The third-order valence-electron chi connectivity index (χ3n) is 2.51. The Balaban J connectivity index is 2.12. The van der Waals surface area contributed by atoms with Crippen molar-refractivity contribution in [2.24, 2.45) is 0 Å².